The summed E-state index contributed by atoms with van der Waals surface area (Å²) in [6, 6.07) is 0. The molecular formula is C2H13N2O3PS. The molecule has 0 saturated carbocycles. The largest absolute Gasteiger partial charge is 0.812 e. The summed E-state index contributed by atoms with van der Waals surface area (Å²) < 4.78 is 4.04. The highest BCUT2D eigenvalue weighted by Gasteiger charge is 1.76. The maximum Gasteiger partial charge on any atom is 0.0458 e. The Kier molecular flexibility index (Phi) is 11.8. The summed E-state index contributed by atoms with van der Waals surface area (Å²) in [5.74, 6) is 0. The van der Waals surface area contributed by atoms with Gasteiger partial charge in [-0.05, 0) is 6.92 Å². The lowest BCUT2D eigenvalue weighted by Crippen LogP contribution is -2.15. The molecule has 0 atom stereocenters. The maximum atomic E-state index is 9.85. The zero-order valence-corrected chi connectivity index (χ0v) is 7.50. The Bertz CT molecular complexity index is 93.8. The Morgan fingerprint density at radius 2 is 1.78 bits per heavy atom. The lowest BCUT2D eigenvalue weighted by Gasteiger charge is -2.33. The van der Waals surface area contributed by atoms with E-state index in [-0.39, 0.29) is 18.9 Å². The standard InChI is InChI=1S/C2H7O3PS.2H3N/c1-2-5-6(3,4)7;;/h2H2,1H3,(H2,3,4,7);2*1H3. The molecule has 0 aliphatic carbocycles. The minimum Gasteiger partial charge on any atom is -0.812 e. The molecule has 5 nitrogen and oxygen atoms in total. The van der Waals surface area contributed by atoms with Crippen LogP contribution < -0.4 is 22.1 Å². The average Bonchev–Trinajstić information content (AvgIpc) is 1.30. The number of quaternary nitrogens is 2. The maximum absolute atomic E-state index is 9.85. The van der Waals surface area contributed by atoms with Crippen molar-refractivity contribution in [3.63, 3.8) is 0 Å². The first-order valence-electron chi connectivity index (χ1n) is 1.73. The molecule has 0 aromatic rings. The Balaban J connectivity index is -0.000000180. The molecule has 0 rings (SSSR count). The van der Waals surface area contributed by atoms with Crippen molar-refractivity contribution in [1.29, 1.82) is 0 Å². The van der Waals surface area contributed by atoms with Crippen LogP contribution in [-0.4, -0.2) is 6.61 Å². The van der Waals surface area contributed by atoms with Crippen LogP contribution in [0.15, 0.2) is 0 Å². The van der Waals surface area contributed by atoms with Gasteiger partial charge in [-0.1, -0.05) is 6.72 Å². The van der Waals surface area contributed by atoms with Crippen molar-refractivity contribution in [3.05, 3.63) is 0 Å². The second-order valence-corrected chi connectivity index (χ2v) is 3.36. The topological polar surface area (TPSA) is 128 Å². The second-order valence-electron chi connectivity index (χ2n) is 0.865. The Labute approximate surface area is 59.5 Å². The van der Waals surface area contributed by atoms with E-state index in [9.17, 15) is 9.79 Å². The van der Waals surface area contributed by atoms with Crippen molar-refractivity contribution in [2.24, 2.45) is 0 Å². The summed E-state index contributed by atoms with van der Waals surface area (Å²) in [5, 5.41) is 0. The van der Waals surface area contributed by atoms with Crippen molar-refractivity contribution < 1.29 is 14.3 Å². The fourth-order valence-corrected chi connectivity index (χ4v) is 0.791. The SMILES string of the molecule is CCOP([O-])([O-])=S.[NH4+].[NH4+]. The zero-order valence-electron chi connectivity index (χ0n) is 5.79. The zero-order chi connectivity index (χ0) is 5.91. The summed E-state index contributed by atoms with van der Waals surface area (Å²) in [7, 11) is 0. The van der Waals surface area contributed by atoms with Gasteiger partial charge in [0.15, 0.2) is 0 Å². The van der Waals surface area contributed by atoms with Gasteiger partial charge in [0.2, 0.25) is 0 Å². The van der Waals surface area contributed by atoms with E-state index in [4.69, 9.17) is 0 Å². The molecule has 0 fully saturated rings. The molecule has 0 aromatic carbocycles. The molecule has 0 spiro atoms. The van der Waals surface area contributed by atoms with Crippen molar-refractivity contribution in [2.45, 2.75) is 6.92 Å². The normalized spacial score (nSPS) is 9.22. The summed E-state index contributed by atoms with van der Waals surface area (Å²) in [4.78, 5) is 19.7. The molecule has 0 saturated heterocycles. The molecule has 0 heterocycles. The highest BCUT2D eigenvalue weighted by molar-refractivity contribution is 8.05. The summed E-state index contributed by atoms with van der Waals surface area (Å²) >= 11 is 3.86. The van der Waals surface area contributed by atoms with Gasteiger partial charge in [-0.15, -0.1) is 11.8 Å². The highest BCUT2D eigenvalue weighted by Crippen LogP contribution is 2.23. The predicted octanol–water partition coefficient (Wildman–Crippen LogP) is -0.280. The Morgan fingerprint density at radius 3 is 1.78 bits per heavy atom. The molecule has 60 valence electrons. The van der Waals surface area contributed by atoms with Gasteiger partial charge in [0.05, 0.1) is 0 Å². The number of rotatable bonds is 2. The van der Waals surface area contributed by atoms with Crippen LogP contribution in [0.5, 0.6) is 0 Å². The first-order valence-corrected chi connectivity index (χ1v) is 4.28. The van der Waals surface area contributed by atoms with Gasteiger partial charge in [0.1, 0.15) is 0 Å². The summed E-state index contributed by atoms with van der Waals surface area (Å²) in [6.07, 6.45) is 0. The van der Waals surface area contributed by atoms with Gasteiger partial charge in [-0.25, -0.2) is 0 Å². The van der Waals surface area contributed by atoms with Crippen LogP contribution in [0.4, 0.5) is 0 Å². The third-order valence-corrected chi connectivity index (χ3v) is 1.18. The Hall–Kier alpha value is 0.450. The molecule has 0 aliphatic rings. The van der Waals surface area contributed by atoms with E-state index in [1.807, 2.05) is 0 Å². The lowest BCUT2D eigenvalue weighted by molar-refractivity contribution is -0.320. The van der Waals surface area contributed by atoms with Crippen LogP contribution in [-0.2, 0) is 16.3 Å². The van der Waals surface area contributed by atoms with Crippen molar-refractivity contribution in [3.8, 4) is 0 Å². The van der Waals surface area contributed by atoms with Crippen LogP contribution in [0.1, 0.15) is 6.92 Å². The molecule has 8 N–H and O–H groups in total. The van der Waals surface area contributed by atoms with Gasteiger partial charge in [-0.3, -0.25) is 0 Å². The van der Waals surface area contributed by atoms with Gasteiger partial charge < -0.3 is 26.6 Å². The van der Waals surface area contributed by atoms with Crippen LogP contribution in [0.3, 0.4) is 0 Å². The van der Waals surface area contributed by atoms with Gasteiger partial charge >= 0.3 is 0 Å². The van der Waals surface area contributed by atoms with E-state index in [0.29, 0.717) is 0 Å². The molecule has 0 aliphatic heterocycles. The molecule has 9 heavy (non-hydrogen) atoms. The van der Waals surface area contributed by atoms with E-state index in [1.54, 1.807) is 6.92 Å². The minimum atomic E-state index is -3.83. The van der Waals surface area contributed by atoms with E-state index in [0.717, 1.165) is 0 Å². The average molecular weight is 176 g/mol. The molecule has 7 heteroatoms. The minimum absolute atomic E-state index is 0. The molecule has 0 unspecified atom stereocenters. The molecule has 0 bridgehead atoms. The van der Waals surface area contributed by atoms with Crippen molar-refractivity contribution in [2.75, 3.05) is 6.61 Å². The smallest absolute Gasteiger partial charge is 0.0458 e. The van der Waals surface area contributed by atoms with Gasteiger partial charge in [-0.2, -0.15) is 0 Å². The molecule has 0 aromatic heterocycles. The van der Waals surface area contributed by atoms with Gasteiger partial charge in [0, 0.05) is 6.61 Å². The lowest BCUT2D eigenvalue weighted by atomic mass is 10.9. The van der Waals surface area contributed by atoms with Crippen molar-refractivity contribution in [1.82, 2.24) is 12.3 Å². The van der Waals surface area contributed by atoms with E-state index in [1.165, 1.54) is 0 Å². The third-order valence-electron chi connectivity index (χ3n) is 0.287. The third kappa shape index (κ3) is 17.8. The monoisotopic (exact) mass is 176 g/mol. The summed E-state index contributed by atoms with van der Waals surface area (Å²) in [6.45, 7) is -2.14. The van der Waals surface area contributed by atoms with Crippen molar-refractivity contribution >= 4 is 18.5 Å². The van der Waals surface area contributed by atoms with Crippen LogP contribution in [0, 0.1) is 0 Å². The fourth-order valence-electron chi connectivity index (χ4n) is 0.158. The summed E-state index contributed by atoms with van der Waals surface area (Å²) in [5.41, 5.74) is 0. The Morgan fingerprint density at radius 1 is 1.44 bits per heavy atom. The van der Waals surface area contributed by atoms with E-state index >= 15 is 0 Å². The highest BCUT2D eigenvalue weighted by atomic mass is 32.5. The molecule has 0 radical (unpaired) electrons. The molecule has 0 amide bonds. The van der Waals surface area contributed by atoms with E-state index < -0.39 is 6.72 Å². The fraction of sp³-hybridized carbons (Fsp3) is 1.00. The van der Waals surface area contributed by atoms with Crippen LogP contribution in [0.2, 0.25) is 0 Å². The van der Waals surface area contributed by atoms with E-state index in [2.05, 4.69) is 16.3 Å². The number of hydrogen-bond acceptors (Lipinski definition) is 4. The second kappa shape index (κ2) is 6.57. The molecular weight excluding hydrogens is 163 g/mol. The predicted molar refractivity (Wildman–Crippen MR) is 37.9 cm³/mol. The quantitative estimate of drug-likeness (QED) is 0.560. The first-order chi connectivity index (χ1) is 3.06. The first kappa shape index (κ1) is 16.2. The van der Waals surface area contributed by atoms with Crippen LogP contribution in [0.25, 0.3) is 0 Å². The van der Waals surface area contributed by atoms with Gasteiger partial charge in [0.25, 0.3) is 0 Å². The van der Waals surface area contributed by atoms with Crippen LogP contribution >= 0.6 is 6.72 Å². The number of hydrogen-bond donors (Lipinski definition) is 2.